The Bertz CT molecular complexity index is 268. The van der Waals surface area contributed by atoms with Gasteiger partial charge in [0, 0.05) is 18.4 Å². The molecule has 0 aromatic rings. The second kappa shape index (κ2) is 5.44. The molecule has 1 atom stereocenters. The summed E-state index contributed by atoms with van der Waals surface area (Å²) < 4.78 is 22.5. The fourth-order valence-electron chi connectivity index (χ4n) is 1.52. The Morgan fingerprint density at radius 3 is 2.71 bits per heavy atom. The lowest BCUT2D eigenvalue weighted by atomic mass is 10.3. The maximum atomic E-state index is 11.3. The molecule has 0 aromatic heterocycles. The van der Waals surface area contributed by atoms with Gasteiger partial charge >= 0.3 is 0 Å². The second-order valence-electron chi connectivity index (χ2n) is 3.61. The summed E-state index contributed by atoms with van der Waals surface area (Å²) in [7, 11) is -2.83. The molecular formula is C8H16BrNO3S. The Labute approximate surface area is 93.3 Å². The van der Waals surface area contributed by atoms with Gasteiger partial charge in [0.05, 0.1) is 17.6 Å². The molecule has 1 aliphatic heterocycles. The Morgan fingerprint density at radius 2 is 2.07 bits per heavy atom. The zero-order valence-electron chi connectivity index (χ0n) is 8.02. The molecule has 1 saturated heterocycles. The highest BCUT2D eigenvalue weighted by Crippen LogP contribution is 2.06. The molecule has 1 rings (SSSR count). The minimum absolute atomic E-state index is 0.224. The van der Waals surface area contributed by atoms with E-state index in [0.29, 0.717) is 24.8 Å². The summed E-state index contributed by atoms with van der Waals surface area (Å²) in [5.74, 6) is 0.510. The average molecular weight is 286 g/mol. The quantitative estimate of drug-likeness (QED) is 0.734. The van der Waals surface area contributed by atoms with Crippen molar-refractivity contribution < 1.29 is 13.5 Å². The molecule has 0 aliphatic carbocycles. The first-order valence-corrected chi connectivity index (χ1v) is 7.64. The Balaban J connectivity index is 2.42. The van der Waals surface area contributed by atoms with Crippen LogP contribution in [0, 0.1) is 0 Å². The van der Waals surface area contributed by atoms with Crippen molar-refractivity contribution in [1.82, 2.24) is 4.90 Å². The molecular weight excluding hydrogens is 270 g/mol. The van der Waals surface area contributed by atoms with Gasteiger partial charge in [-0.25, -0.2) is 8.42 Å². The monoisotopic (exact) mass is 285 g/mol. The number of rotatable bonds is 3. The van der Waals surface area contributed by atoms with Crippen molar-refractivity contribution in [2.45, 2.75) is 12.5 Å². The largest absolute Gasteiger partial charge is 0.391 e. The highest BCUT2D eigenvalue weighted by Gasteiger charge is 2.20. The Kier molecular flexibility index (Phi) is 4.82. The van der Waals surface area contributed by atoms with Crippen molar-refractivity contribution in [3.05, 3.63) is 0 Å². The number of hydrogen-bond donors (Lipinski definition) is 1. The summed E-state index contributed by atoms with van der Waals surface area (Å²) in [5, 5.41) is 9.93. The van der Waals surface area contributed by atoms with Gasteiger partial charge in [-0.15, -0.1) is 0 Å². The van der Waals surface area contributed by atoms with Gasteiger partial charge in [0.1, 0.15) is 0 Å². The molecule has 84 valence electrons. The lowest BCUT2D eigenvalue weighted by Crippen LogP contribution is -2.35. The van der Waals surface area contributed by atoms with Crippen molar-refractivity contribution in [2.75, 3.05) is 36.5 Å². The van der Waals surface area contributed by atoms with Crippen LogP contribution in [0.4, 0.5) is 0 Å². The van der Waals surface area contributed by atoms with Crippen LogP contribution in [0.2, 0.25) is 0 Å². The Hall–Kier alpha value is 0.350. The van der Waals surface area contributed by atoms with Gasteiger partial charge in [0.15, 0.2) is 9.84 Å². The highest BCUT2D eigenvalue weighted by atomic mass is 79.9. The average Bonchev–Trinajstić information content (AvgIpc) is 2.28. The number of nitrogens with zero attached hydrogens (tertiary/aromatic N) is 1. The van der Waals surface area contributed by atoms with Gasteiger partial charge in [-0.2, -0.15) is 0 Å². The van der Waals surface area contributed by atoms with Crippen molar-refractivity contribution >= 4 is 25.8 Å². The second-order valence-corrected chi connectivity index (χ2v) is 6.57. The molecule has 1 N–H and O–H groups in total. The summed E-state index contributed by atoms with van der Waals surface area (Å²) in [5.41, 5.74) is 0. The van der Waals surface area contributed by atoms with E-state index in [2.05, 4.69) is 15.9 Å². The van der Waals surface area contributed by atoms with Crippen LogP contribution in [0.15, 0.2) is 0 Å². The lowest BCUT2D eigenvalue weighted by Gasteiger charge is -2.21. The number of β-amino-alcohol motifs (C(OH)–C–C–N with tert-alkyl or cyclic N) is 1. The van der Waals surface area contributed by atoms with E-state index in [4.69, 9.17) is 0 Å². The van der Waals surface area contributed by atoms with Crippen LogP contribution in [0.1, 0.15) is 6.42 Å². The molecule has 0 saturated carbocycles. The third kappa shape index (κ3) is 4.25. The molecule has 0 bridgehead atoms. The molecule has 1 aliphatic rings. The number of aliphatic hydroxyl groups excluding tert-OH is 1. The first kappa shape index (κ1) is 12.4. The summed E-state index contributed by atoms with van der Waals surface area (Å²) in [6, 6.07) is 0. The maximum absolute atomic E-state index is 11.3. The minimum Gasteiger partial charge on any atom is -0.391 e. The fraction of sp³-hybridized carbons (Fsp3) is 1.00. The summed E-state index contributed by atoms with van der Waals surface area (Å²) in [6.45, 7) is 1.87. The normalized spacial score (nSPS) is 25.6. The fourth-order valence-corrected chi connectivity index (χ4v) is 3.03. The van der Waals surface area contributed by atoms with Crippen molar-refractivity contribution in [2.24, 2.45) is 0 Å². The van der Waals surface area contributed by atoms with Crippen LogP contribution in [-0.4, -0.2) is 61.0 Å². The first-order valence-electron chi connectivity index (χ1n) is 4.70. The van der Waals surface area contributed by atoms with Crippen LogP contribution in [0.3, 0.4) is 0 Å². The van der Waals surface area contributed by atoms with Gasteiger partial charge in [0.2, 0.25) is 0 Å². The third-order valence-electron chi connectivity index (χ3n) is 2.30. The van der Waals surface area contributed by atoms with Crippen molar-refractivity contribution in [3.63, 3.8) is 0 Å². The molecule has 0 radical (unpaired) electrons. The SMILES string of the molecule is O=S1(=O)CCCN(CC(O)CBr)CC1. The van der Waals surface area contributed by atoms with E-state index < -0.39 is 15.9 Å². The van der Waals surface area contributed by atoms with Crippen molar-refractivity contribution in [1.29, 1.82) is 0 Å². The number of alkyl halides is 1. The smallest absolute Gasteiger partial charge is 0.151 e. The molecule has 0 aromatic carbocycles. The summed E-state index contributed by atoms with van der Waals surface area (Å²) in [4.78, 5) is 2.01. The van der Waals surface area contributed by atoms with E-state index in [-0.39, 0.29) is 11.5 Å². The topological polar surface area (TPSA) is 57.6 Å². The van der Waals surface area contributed by atoms with Gasteiger partial charge in [0.25, 0.3) is 0 Å². The van der Waals surface area contributed by atoms with Gasteiger partial charge in [-0.3, -0.25) is 4.90 Å². The van der Waals surface area contributed by atoms with Gasteiger partial charge in [-0.05, 0) is 13.0 Å². The molecule has 0 spiro atoms. The summed E-state index contributed by atoms with van der Waals surface area (Å²) in [6.07, 6.45) is 0.271. The number of aliphatic hydroxyl groups is 1. The summed E-state index contributed by atoms with van der Waals surface area (Å²) >= 11 is 3.19. The van der Waals surface area contributed by atoms with Crippen LogP contribution >= 0.6 is 15.9 Å². The van der Waals surface area contributed by atoms with E-state index in [0.717, 1.165) is 6.54 Å². The van der Waals surface area contributed by atoms with E-state index in [9.17, 15) is 13.5 Å². The predicted octanol–water partition coefficient (Wildman–Crippen LogP) is -0.137. The molecule has 0 amide bonds. The predicted molar refractivity (Wildman–Crippen MR) is 59.5 cm³/mol. The van der Waals surface area contributed by atoms with Crippen molar-refractivity contribution in [3.8, 4) is 0 Å². The van der Waals surface area contributed by atoms with Crippen LogP contribution in [-0.2, 0) is 9.84 Å². The molecule has 14 heavy (non-hydrogen) atoms. The molecule has 4 nitrogen and oxygen atoms in total. The van der Waals surface area contributed by atoms with E-state index >= 15 is 0 Å². The lowest BCUT2D eigenvalue weighted by molar-refractivity contribution is 0.136. The van der Waals surface area contributed by atoms with Gasteiger partial charge < -0.3 is 5.11 Å². The zero-order valence-corrected chi connectivity index (χ0v) is 10.4. The Morgan fingerprint density at radius 1 is 1.36 bits per heavy atom. The standard InChI is InChI=1S/C8H16BrNO3S/c9-6-8(11)7-10-2-1-4-14(12,13)5-3-10/h8,11H,1-7H2. The molecule has 1 heterocycles. The van der Waals surface area contributed by atoms with Crippen LogP contribution in [0.5, 0.6) is 0 Å². The minimum atomic E-state index is -2.83. The molecule has 1 unspecified atom stereocenters. The molecule has 6 heteroatoms. The maximum Gasteiger partial charge on any atom is 0.151 e. The van der Waals surface area contributed by atoms with Gasteiger partial charge in [-0.1, -0.05) is 15.9 Å². The van der Waals surface area contributed by atoms with Crippen LogP contribution in [0.25, 0.3) is 0 Å². The highest BCUT2D eigenvalue weighted by molar-refractivity contribution is 9.09. The molecule has 1 fully saturated rings. The number of halogens is 1. The first-order chi connectivity index (χ1) is 6.53. The number of sulfone groups is 1. The third-order valence-corrected chi connectivity index (χ3v) is 4.76. The number of hydrogen-bond acceptors (Lipinski definition) is 4. The van der Waals surface area contributed by atoms with E-state index in [1.807, 2.05) is 4.90 Å². The van der Waals surface area contributed by atoms with Crippen LogP contribution < -0.4 is 0 Å². The van der Waals surface area contributed by atoms with E-state index in [1.165, 1.54) is 0 Å². The van der Waals surface area contributed by atoms with E-state index in [1.54, 1.807) is 0 Å². The zero-order chi connectivity index (χ0) is 10.6.